The van der Waals surface area contributed by atoms with Crippen LogP contribution >= 0.6 is 0 Å². The maximum atomic E-state index is 12.0. The van der Waals surface area contributed by atoms with Crippen LogP contribution < -0.4 is 5.32 Å². The number of carbonyl (C=O) groups excluding carboxylic acids is 2. The summed E-state index contributed by atoms with van der Waals surface area (Å²) in [5, 5.41) is 11.3. The second-order valence-corrected chi connectivity index (χ2v) is 6.44. The van der Waals surface area contributed by atoms with Crippen LogP contribution in [0.2, 0.25) is 0 Å². The maximum absolute atomic E-state index is 12.0. The molecule has 2 aliphatic rings. The van der Waals surface area contributed by atoms with E-state index in [1.807, 2.05) is 0 Å². The third-order valence-electron chi connectivity index (χ3n) is 2.99. The van der Waals surface area contributed by atoms with Gasteiger partial charge < -0.3 is 15.3 Å². The molecular weight excluding hydrogens is 264 g/mol. The summed E-state index contributed by atoms with van der Waals surface area (Å²) in [5.74, 6) is -3.46. The van der Waals surface area contributed by atoms with Crippen LogP contribution in [0.15, 0.2) is 0 Å². The Morgan fingerprint density at radius 2 is 2.06 bits per heavy atom. The first-order chi connectivity index (χ1) is 8.30. The minimum absolute atomic E-state index is 0.189. The minimum Gasteiger partial charge on any atom is -0.480 e. The zero-order valence-corrected chi connectivity index (χ0v) is 10.1. The van der Waals surface area contributed by atoms with Crippen LogP contribution in [-0.2, 0) is 24.2 Å². The van der Waals surface area contributed by atoms with Gasteiger partial charge in [0.25, 0.3) is 0 Å². The first kappa shape index (κ1) is 12.8. The molecule has 0 aromatic heterocycles. The highest BCUT2D eigenvalue weighted by Crippen LogP contribution is 2.19. The maximum Gasteiger partial charge on any atom is 0.327 e. The Labute approximate surface area is 103 Å². The monoisotopic (exact) mass is 276 g/mol. The van der Waals surface area contributed by atoms with Crippen LogP contribution in [-0.4, -0.2) is 59.9 Å². The Kier molecular flexibility index (Phi) is 3.01. The quantitative estimate of drug-likeness (QED) is 0.598. The van der Waals surface area contributed by atoms with Crippen LogP contribution in [0.4, 0.5) is 0 Å². The van der Waals surface area contributed by atoms with Gasteiger partial charge in [-0.1, -0.05) is 0 Å². The Morgan fingerprint density at radius 1 is 1.39 bits per heavy atom. The standard InChI is InChI=1S/C9H12N2O6S/c12-7-2-1-5(10-7)8(13)11-4-18(16,17)3-6(11)9(14)15/h5-6H,1-4H2,(H,10,12)(H,14,15)/t5-,6-/m0/s1. The molecular formula is C9H12N2O6S. The number of carbonyl (C=O) groups is 3. The molecule has 2 saturated heterocycles. The lowest BCUT2D eigenvalue weighted by Crippen LogP contribution is -2.49. The highest BCUT2D eigenvalue weighted by atomic mass is 32.2. The number of carboxylic acid groups (broad SMARTS) is 1. The number of nitrogens with one attached hydrogen (secondary N) is 1. The molecule has 2 amide bonds. The number of hydrogen-bond acceptors (Lipinski definition) is 5. The Bertz CT molecular complexity index is 513. The number of amides is 2. The van der Waals surface area contributed by atoms with Crippen molar-refractivity contribution >= 4 is 27.6 Å². The van der Waals surface area contributed by atoms with Crippen molar-refractivity contribution in [2.24, 2.45) is 0 Å². The van der Waals surface area contributed by atoms with E-state index >= 15 is 0 Å². The Balaban J connectivity index is 2.18. The third kappa shape index (κ3) is 2.30. The van der Waals surface area contributed by atoms with Crippen LogP contribution in [0.1, 0.15) is 12.8 Å². The van der Waals surface area contributed by atoms with Crippen LogP contribution in [0, 0.1) is 0 Å². The van der Waals surface area contributed by atoms with Gasteiger partial charge in [0.05, 0.1) is 5.75 Å². The van der Waals surface area contributed by atoms with Gasteiger partial charge in [-0.2, -0.15) is 0 Å². The van der Waals surface area contributed by atoms with Crippen molar-refractivity contribution in [1.29, 1.82) is 0 Å². The Hall–Kier alpha value is -1.64. The first-order valence-corrected chi connectivity index (χ1v) is 7.15. The van der Waals surface area contributed by atoms with E-state index in [0.717, 1.165) is 4.90 Å². The van der Waals surface area contributed by atoms with Gasteiger partial charge in [-0.05, 0) is 6.42 Å². The van der Waals surface area contributed by atoms with Gasteiger partial charge >= 0.3 is 5.97 Å². The van der Waals surface area contributed by atoms with Gasteiger partial charge in [-0.3, -0.25) is 9.59 Å². The highest BCUT2D eigenvalue weighted by molar-refractivity contribution is 7.91. The SMILES string of the molecule is O=C1CC[C@@H](C(=O)N2CS(=O)(=O)C[C@H]2C(=O)O)N1. The predicted molar refractivity (Wildman–Crippen MR) is 58.1 cm³/mol. The van der Waals surface area contributed by atoms with E-state index in [2.05, 4.69) is 5.32 Å². The van der Waals surface area contributed by atoms with Crippen molar-refractivity contribution in [3.05, 3.63) is 0 Å². The molecule has 0 aliphatic carbocycles. The number of hydrogen-bond donors (Lipinski definition) is 2. The summed E-state index contributed by atoms with van der Waals surface area (Å²) in [7, 11) is -3.57. The summed E-state index contributed by atoms with van der Waals surface area (Å²) in [6, 6.07) is -2.17. The largest absolute Gasteiger partial charge is 0.480 e. The average molecular weight is 276 g/mol. The number of carboxylic acids is 1. The molecule has 0 aromatic rings. The molecule has 8 nitrogen and oxygen atoms in total. The summed E-state index contributed by atoms with van der Waals surface area (Å²) in [6.45, 7) is 0. The topological polar surface area (TPSA) is 121 Å². The van der Waals surface area contributed by atoms with E-state index in [9.17, 15) is 22.8 Å². The summed E-state index contributed by atoms with van der Waals surface area (Å²) in [5.41, 5.74) is 0. The van der Waals surface area contributed by atoms with E-state index < -0.39 is 45.4 Å². The fourth-order valence-corrected chi connectivity index (χ4v) is 3.75. The molecule has 2 N–H and O–H groups in total. The minimum atomic E-state index is -3.57. The van der Waals surface area contributed by atoms with Crippen LogP contribution in [0.3, 0.4) is 0 Å². The van der Waals surface area contributed by atoms with Gasteiger partial charge in [0.15, 0.2) is 9.84 Å². The predicted octanol–water partition coefficient (Wildman–Crippen LogP) is -2.07. The third-order valence-corrected chi connectivity index (χ3v) is 4.48. The van der Waals surface area contributed by atoms with E-state index in [4.69, 9.17) is 5.11 Å². The van der Waals surface area contributed by atoms with Gasteiger partial charge in [0.2, 0.25) is 11.8 Å². The van der Waals surface area contributed by atoms with Gasteiger partial charge in [0.1, 0.15) is 18.0 Å². The van der Waals surface area contributed by atoms with Crippen LogP contribution in [0.5, 0.6) is 0 Å². The molecule has 0 bridgehead atoms. The molecule has 2 heterocycles. The first-order valence-electron chi connectivity index (χ1n) is 5.33. The summed E-state index contributed by atoms with van der Waals surface area (Å²) in [6.07, 6.45) is 0.454. The second-order valence-electron chi connectivity index (χ2n) is 4.36. The molecule has 0 saturated carbocycles. The molecule has 2 fully saturated rings. The van der Waals surface area contributed by atoms with Crippen molar-refractivity contribution in [3.63, 3.8) is 0 Å². The zero-order valence-electron chi connectivity index (χ0n) is 9.33. The number of nitrogens with zero attached hydrogens (tertiary/aromatic N) is 1. The van der Waals surface area contributed by atoms with Crippen molar-refractivity contribution in [1.82, 2.24) is 10.2 Å². The molecule has 2 aliphatic heterocycles. The van der Waals surface area contributed by atoms with Crippen molar-refractivity contribution < 1.29 is 27.9 Å². The highest BCUT2D eigenvalue weighted by Gasteiger charge is 2.45. The summed E-state index contributed by atoms with van der Waals surface area (Å²) >= 11 is 0. The Morgan fingerprint density at radius 3 is 2.56 bits per heavy atom. The smallest absolute Gasteiger partial charge is 0.327 e. The number of sulfone groups is 1. The lowest BCUT2D eigenvalue weighted by molar-refractivity contribution is -0.148. The van der Waals surface area contributed by atoms with Gasteiger partial charge in [-0.25, -0.2) is 13.2 Å². The number of aliphatic carboxylic acids is 1. The van der Waals surface area contributed by atoms with Gasteiger partial charge in [0, 0.05) is 6.42 Å². The van der Waals surface area contributed by atoms with E-state index in [0.29, 0.717) is 0 Å². The van der Waals surface area contributed by atoms with Crippen molar-refractivity contribution in [2.75, 3.05) is 11.6 Å². The zero-order chi connectivity index (χ0) is 13.5. The molecule has 9 heteroatoms. The number of rotatable bonds is 2. The van der Waals surface area contributed by atoms with E-state index in [-0.39, 0.29) is 18.7 Å². The van der Waals surface area contributed by atoms with E-state index in [1.54, 1.807) is 0 Å². The normalized spacial score (nSPS) is 30.2. The fourth-order valence-electron chi connectivity index (χ4n) is 2.11. The molecule has 18 heavy (non-hydrogen) atoms. The molecule has 0 spiro atoms. The average Bonchev–Trinajstić information content (AvgIpc) is 2.81. The molecule has 100 valence electrons. The lowest BCUT2D eigenvalue weighted by Gasteiger charge is -2.22. The van der Waals surface area contributed by atoms with Gasteiger partial charge in [-0.15, -0.1) is 0 Å². The second kappa shape index (κ2) is 4.23. The molecule has 0 radical (unpaired) electrons. The van der Waals surface area contributed by atoms with Crippen molar-refractivity contribution in [3.8, 4) is 0 Å². The molecule has 2 atom stereocenters. The molecule has 0 unspecified atom stereocenters. The molecule has 0 aromatic carbocycles. The summed E-state index contributed by atoms with van der Waals surface area (Å²) < 4.78 is 22.8. The fraction of sp³-hybridized carbons (Fsp3) is 0.667. The summed E-state index contributed by atoms with van der Waals surface area (Å²) in [4.78, 5) is 34.7. The lowest BCUT2D eigenvalue weighted by atomic mass is 10.2. The van der Waals surface area contributed by atoms with Crippen molar-refractivity contribution in [2.45, 2.75) is 24.9 Å². The van der Waals surface area contributed by atoms with Crippen LogP contribution in [0.25, 0.3) is 0 Å². The van der Waals surface area contributed by atoms with E-state index in [1.165, 1.54) is 0 Å². The molecule has 2 rings (SSSR count).